The van der Waals surface area contributed by atoms with Gasteiger partial charge in [0.1, 0.15) is 0 Å². The molecule has 25 heavy (non-hydrogen) atoms. The van der Waals surface area contributed by atoms with Crippen molar-refractivity contribution in [2.24, 2.45) is 5.92 Å². The third kappa shape index (κ3) is 4.18. The van der Waals surface area contributed by atoms with Gasteiger partial charge in [-0.05, 0) is 68.0 Å². The molecular formula is C21H24BrNO2. The van der Waals surface area contributed by atoms with Crippen LogP contribution in [0.5, 0.6) is 11.5 Å². The lowest BCUT2D eigenvalue weighted by atomic mass is 9.90. The molecular weight excluding hydrogens is 378 g/mol. The van der Waals surface area contributed by atoms with E-state index in [1.807, 2.05) is 6.07 Å². The van der Waals surface area contributed by atoms with Crippen LogP contribution in [0, 0.1) is 5.92 Å². The van der Waals surface area contributed by atoms with Crippen LogP contribution in [0.3, 0.4) is 0 Å². The van der Waals surface area contributed by atoms with Crippen LogP contribution >= 0.6 is 15.9 Å². The number of rotatable bonds is 5. The molecule has 132 valence electrons. The van der Waals surface area contributed by atoms with E-state index in [2.05, 4.69) is 57.2 Å². The summed E-state index contributed by atoms with van der Waals surface area (Å²) in [5.41, 5.74) is 2.78. The van der Waals surface area contributed by atoms with Crippen LogP contribution < -0.4 is 9.47 Å². The fourth-order valence-corrected chi connectivity index (χ4v) is 4.26. The van der Waals surface area contributed by atoms with Gasteiger partial charge in [-0.1, -0.05) is 46.3 Å². The van der Waals surface area contributed by atoms with Gasteiger partial charge in [-0.25, -0.2) is 0 Å². The van der Waals surface area contributed by atoms with Crippen molar-refractivity contribution in [2.45, 2.75) is 25.7 Å². The van der Waals surface area contributed by atoms with Crippen molar-refractivity contribution in [3.05, 3.63) is 58.1 Å². The van der Waals surface area contributed by atoms with Gasteiger partial charge in [0.15, 0.2) is 11.5 Å². The van der Waals surface area contributed by atoms with Crippen LogP contribution in [0.2, 0.25) is 0 Å². The minimum absolute atomic E-state index is 0.338. The predicted octanol–water partition coefficient (Wildman–Crippen LogP) is 4.68. The van der Waals surface area contributed by atoms with Gasteiger partial charge < -0.3 is 14.4 Å². The first kappa shape index (κ1) is 16.9. The molecule has 2 aliphatic heterocycles. The first-order valence-electron chi connectivity index (χ1n) is 9.12. The summed E-state index contributed by atoms with van der Waals surface area (Å²) in [6.07, 6.45) is 4.81. The summed E-state index contributed by atoms with van der Waals surface area (Å²) in [6.45, 7) is 3.93. The van der Waals surface area contributed by atoms with E-state index in [4.69, 9.17) is 9.47 Å². The van der Waals surface area contributed by atoms with Crippen LogP contribution in [0.1, 0.15) is 24.0 Å². The fraction of sp³-hybridized carbons (Fsp3) is 0.429. The van der Waals surface area contributed by atoms with E-state index in [0.717, 1.165) is 34.7 Å². The predicted molar refractivity (Wildman–Crippen MR) is 103 cm³/mol. The minimum Gasteiger partial charge on any atom is -0.454 e. The number of ether oxygens (including phenoxy) is 2. The zero-order valence-electron chi connectivity index (χ0n) is 14.4. The monoisotopic (exact) mass is 401 g/mol. The Labute approximate surface area is 158 Å². The molecule has 0 atom stereocenters. The topological polar surface area (TPSA) is 21.7 Å². The van der Waals surface area contributed by atoms with Gasteiger partial charge in [-0.3, -0.25) is 0 Å². The number of hydrogen-bond donors (Lipinski definition) is 0. The molecule has 0 aliphatic carbocycles. The highest BCUT2D eigenvalue weighted by Gasteiger charge is 2.22. The van der Waals surface area contributed by atoms with E-state index in [1.54, 1.807) is 0 Å². The van der Waals surface area contributed by atoms with E-state index >= 15 is 0 Å². The Kier molecular flexibility index (Phi) is 5.28. The Balaban J connectivity index is 1.28. The molecule has 0 N–H and O–H groups in total. The average Bonchev–Trinajstić information content (AvgIpc) is 3.09. The molecule has 0 saturated carbocycles. The quantitative estimate of drug-likeness (QED) is 0.725. The van der Waals surface area contributed by atoms with Crippen molar-refractivity contribution < 1.29 is 9.47 Å². The molecule has 4 heteroatoms. The van der Waals surface area contributed by atoms with E-state index in [1.165, 1.54) is 43.6 Å². The van der Waals surface area contributed by atoms with Crippen LogP contribution in [0.25, 0.3) is 0 Å². The van der Waals surface area contributed by atoms with Gasteiger partial charge in [0.05, 0.1) is 0 Å². The van der Waals surface area contributed by atoms with Crippen molar-refractivity contribution in [1.82, 2.24) is 4.90 Å². The highest BCUT2D eigenvalue weighted by molar-refractivity contribution is 9.10. The number of fused-ring (bicyclic) bond motifs is 1. The summed E-state index contributed by atoms with van der Waals surface area (Å²) >= 11 is 3.69. The third-order valence-electron chi connectivity index (χ3n) is 5.32. The van der Waals surface area contributed by atoms with Crippen LogP contribution in [0.15, 0.2) is 46.9 Å². The second-order valence-electron chi connectivity index (χ2n) is 7.02. The molecule has 0 amide bonds. The maximum atomic E-state index is 5.52. The first-order chi connectivity index (χ1) is 12.3. The average molecular weight is 402 g/mol. The standard InChI is InChI=1S/C21H24BrNO2/c22-19-14-21-20(24-15-25-21)13-18(19)12-17-7-10-23(11-8-17)9-6-16-4-2-1-3-5-16/h1-5,13-14,17H,6-12,15H2. The van der Waals surface area contributed by atoms with Gasteiger partial charge in [0.25, 0.3) is 0 Å². The van der Waals surface area contributed by atoms with Gasteiger partial charge in [-0.15, -0.1) is 0 Å². The number of likely N-dealkylation sites (tertiary alicyclic amines) is 1. The summed E-state index contributed by atoms with van der Waals surface area (Å²) in [7, 11) is 0. The number of halogens is 1. The zero-order valence-corrected chi connectivity index (χ0v) is 16.0. The van der Waals surface area contributed by atoms with Crippen LogP contribution in [-0.2, 0) is 12.8 Å². The molecule has 0 aromatic heterocycles. The summed E-state index contributed by atoms with van der Waals surface area (Å²) < 4.78 is 12.1. The molecule has 1 fully saturated rings. The van der Waals surface area contributed by atoms with E-state index < -0.39 is 0 Å². The molecule has 0 radical (unpaired) electrons. The summed E-state index contributed by atoms with van der Waals surface area (Å²) in [5.74, 6) is 2.49. The number of benzene rings is 2. The smallest absolute Gasteiger partial charge is 0.231 e. The molecule has 2 aromatic carbocycles. The maximum Gasteiger partial charge on any atom is 0.231 e. The lowest BCUT2D eigenvalue weighted by Crippen LogP contribution is -2.35. The highest BCUT2D eigenvalue weighted by Crippen LogP contribution is 2.38. The van der Waals surface area contributed by atoms with Crippen molar-refractivity contribution in [3.8, 4) is 11.5 Å². The molecule has 3 nitrogen and oxygen atoms in total. The normalized spacial score (nSPS) is 17.8. The number of piperidine rings is 1. The summed E-state index contributed by atoms with van der Waals surface area (Å²) in [4.78, 5) is 2.61. The Hall–Kier alpha value is -1.52. The number of nitrogens with zero attached hydrogens (tertiary/aromatic N) is 1. The summed E-state index contributed by atoms with van der Waals surface area (Å²) in [6, 6.07) is 15.0. The van der Waals surface area contributed by atoms with Crippen molar-refractivity contribution in [1.29, 1.82) is 0 Å². The molecule has 2 heterocycles. The summed E-state index contributed by atoms with van der Waals surface area (Å²) in [5, 5.41) is 0. The lowest BCUT2D eigenvalue weighted by Gasteiger charge is -2.32. The maximum absolute atomic E-state index is 5.52. The zero-order chi connectivity index (χ0) is 17.1. The van der Waals surface area contributed by atoms with Crippen LogP contribution in [-0.4, -0.2) is 31.3 Å². The third-order valence-corrected chi connectivity index (χ3v) is 6.06. The Morgan fingerprint density at radius 1 is 1.00 bits per heavy atom. The van der Waals surface area contributed by atoms with E-state index in [9.17, 15) is 0 Å². The van der Waals surface area contributed by atoms with Gasteiger partial charge in [0, 0.05) is 11.0 Å². The second-order valence-corrected chi connectivity index (χ2v) is 7.88. The van der Waals surface area contributed by atoms with Gasteiger partial charge in [-0.2, -0.15) is 0 Å². The number of hydrogen-bond acceptors (Lipinski definition) is 3. The van der Waals surface area contributed by atoms with Crippen molar-refractivity contribution in [2.75, 3.05) is 26.4 Å². The Morgan fingerprint density at radius 3 is 2.48 bits per heavy atom. The molecule has 2 aromatic rings. The van der Waals surface area contributed by atoms with Crippen molar-refractivity contribution >= 4 is 15.9 Å². The lowest BCUT2D eigenvalue weighted by molar-refractivity contribution is 0.173. The Bertz CT molecular complexity index is 711. The van der Waals surface area contributed by atoms with Crippen molar-refractivity contribution in [3.63, 3.8) is 0 Å². The molecule has 0 bridgehead atoms. The highest BCUT2D eigenvalue weighted by atomic mass is 79.9. The molecule has 0 unspecified atom stereocenters. The fourth-order valence-electron chi connectivity index (χ4n) is 3.77. The Morgan fingerprint density at radius 2 is 1.72 bits per heavy atom. The van der Waals surface area contributed by atoms with Crippen LogP contribution in [0.4, 0.5) is 0 Å². The largest absolute Gasteiger partial charge is 0.454 e. The van der Waals surface area contributed by atoms with E-state index in [0.29, 0.717) is 6.79 Å². The molecule has 2 aliphatic rings. The minimum atomic E-state index is 0.338. The van der Waals surface area contributed by atoms with Gasteiger partial charge >= 0.3 is 0 Å². The molecule has 1 saturated heterocycles. The molecule has 4 rings (SSSR count). The first-order valence-corrected chi connectivity index (χ1v) is 9.91. The molecule has 0 spiro atoms. The van der Waals surface area contributed by atoms with E-state index in [-0.39, 0.29) is 0 Å². The van der Waals surface area contributed by atoms with Gasteiger partial charge in [0.2, 0.25) is 6.79 Å². The SMILES string of the molecule is Brc1cc2c(cc1CC1CCN(CCc3ccccc3)CC1)OCO2. The second kappa shape index (κ2) is 7.79.